The number of nitrogens with one attached hydrogen (secondary N) is 2. The van der Waals surface area contributed by atoms with Crippen molar-refractivity contribution >= 4 is 5.91 Å². The van der Waals surface area contributed by atoms with E-state index in [1.54, 1.807) is 0 Å². The second-order valence-corrected chi connectivity index (χ2v) is 4.55. The maximum Gasteiger partial charge on any atom is 0.221 e. The first kappa shape index (κ1) is 12.5. The summed E-state index contributed by atoms with van der Waals surface area (Å²) in [4.78, 5) is 11.5. The van der Waals surface area contributed by atoms with Crippen LogP contribution in [-0.2, 0) is 9.53 Å². The minimum absolute atomic E-state index is 0.115. The summed E-state index contributed by atoms with van der Waals surface area (Å²) in [5.41, 5.74) is 0. The van der Waals surface area contributed by atoms with E-state index in [0.29, 0.717) is 12.5 Å². The molecule has 2 unspecified atom stereocenters. The Morgan fingerprint density at radius 1 is 1.47 bits per heavy atom. The van der Waals surface area contributed by atoms with Gasteiger partial charge >= 0.3 is 0 Å². The normalized spacial score (nSPS) is 23.1. The molecule has 1 aliphatic heterocycles. The van der Waals surface area contributed by atoms with Crippen LogP contribution in [0.15, 0.2) is 0 Å². The Labute approximate surface area is 91.8 Å². The van der Waals surface area contributed by atoms with Crippen molar-refractivity contribution < 1.29 is 9.53 Å². The third-order valence-electron chi connectivity index (χ3n) is 2.39. The molecule has 1 aliphatic rings. The molecular weight excluding hydrogens is 192 g/mol. The van der Waals surface area contributed by atoms with Crippen LogP contribution in [0.25, 0.3) is 0 Å². The maximum absolute atomic E-state index is 11.5. The lowest BCUT2D eigenvalue weighted by atomic mass is 10.1. The third kappa shape index (κ3) is 5.14. The van der Waals surface area contributed by atoms with E-state index in [0.717, 1.165) is 19.6 Å². The van der Waals surface area contributed by atoms with E-state index in [1.165, 1.54) is 0 Å². The van der Waals surface area contributed by atoms with Gasteiger partial charge in [0, 0.05) is 31.2 Å². The van der Waals surface area contributed by atoms with Crippen molar-refractivity contribution in [3.63, 3.8) is 0 Å². The van der Waals surface area contributed by atoms with Crippen LogP contribution in [0.4, 0.5) is 0 Å². The lowest BCUT2D eigenvalue weighted by molar-refractivity contribution is -0.122. The van der Waals surface area contributed by atoms with Gasteiger partial charge in [-0.25, -0.2) is 0 Å². The van der Waals surface area contributed by atoms with Crippen molar-refractivity contribution in [1.29, 1.82) is 0 Å². The summed E-state index contributed by atoms with van der Waals surface area (Å²) >= 11 is 0. The first-order chi connectivity index (χ1) is 7.08. The molecule has 2 atom stereocenters. The van der Waals surface area contributed by atoms with E-state index < -0.39 is 0 Å². The number of hydrogen-bond acceptors (Lipinski definition) is 3. The van der Waals surface area contributed by atoms with Crippen molar-refractivity contribution in [2.24, 2.45) is 0 Å². The van der Waals surface area contributed by atoms with E-state index in [9.17, 15) is 4.79 Å². The van der Waals surface area contributed by atoms with E-state index in [2.05, 4.69) is 10.6 Å². The highest BCUT2D eigenvalue weighted by Gasteiger charge is 2.18. The summed E-state index contributed by atoms with van der Waals surface area (Å²) in [7, 11) is 0. The van der Waals surface area contributed by atoms with Gasteiger partial charge in [-0.15, -0.1) is 0 Å². The molecular formula is C11H22N2O2. The van der Waals surface area contributed by atoms with Gasteiger partial charge in [-0.3, -0.25) is 4.79 Å². The van der Waals surface area contributed by atoms with Crippen LogP contribution >= 0.6 is 0 Å². The monoisotopic (exact) mass is 214 g/mol. The molecule has 1 saturated heterocycles. The van der Waals surface area contributed by atoms with Crippen LogP contribution in [-0.4, -0.2) is 37.2 Å². The van der Waals surface area contributed by atoms with Gasteiger partial charge in [0.05, 0.1) is 6.61 Å². The Balaban J connectivity index is 2.16. The number of carbonyl (C=O) groups excluding carboxylic acids is 1. The van der Waals surface area contributed by atoms with Crippen LogP contribution in [0.5, 0.6) is 0 Å². The molecule has 0 spiro atoms. The molecule has 15 heavy (non-hydrogen) atoms. The summed E-state index contributed by atoms with van der Waals surface area (Å²) in [6, 6.07) is 0.863. The Kier molecular flexibility index (Phi) is 5.05. The second kappa shape index (κ2) is 6.08. The summed E-state index contributed by atoms with van der Waals surface area (Å²) in [5.74, 6) is 0.115. The molecule has 0 saturated carbocycles. The first-order valence-corrected chi connectivity index (χ1v) is 5.71. The van der Waals surface area contributed by atoms with Gasteiger partial charge < -0.3 is 15.4 Å². The molecule has 0 aromatic rings. The molecule has 1 rings (SSSR count). The fourth-order valence-corrected chi connectivity index (χ4v) is 1.79. The standard InChI is InChI=1S/C11H22N2O2/c1-8(2)12-11(14)6-9(3)13-10-4-5-15-7-10/h8-10,13H,4-7H2,1-3H3,(H,12,14). The van der Waals surface area contributed by atoms with Gasteiger partial charge in [0.25, 0.3) is 0 Å². The number of ether oxygens (including phenoxy) is 1. The molecule has 4 heteroatoms. The highest BCUT2D eigenvalue weighted by atomic mass is 16.5. The molecule has 1 amide bonds. The fourth-order valence-electron chi connectivity index (χ4n) is 1.79. The van der Waals surface area contributed by atoms with Gasteiger partial charge in [0.15, 0.2) is 0 Å². The Bertz CT molecular complexity index is 201. The van der Waals surface area contributed by atoms with Gasteiger partial charge in [0.2, 0.25) is 5.91 Å². The Hall–Kier alpha value is -0.610. The maximum atomic E-state index is 11.5. The molecule has 0 bridgehead atoms. The number of rotatable bonds is 5. The number of hydrogen-bond donors (Lipinski definition) is 2. The lowest BCUT2D eigenvalue weighted by Gasteiger charge is -2.18. The zero-order valence-electron chi connectivity index (χ0n) is 9.88. The summed E-state index contributed by atoms with van der Waals surface area (Å²) in [6.07, 6.45) is 1.59. The van der Waals surface area contributed by atoms with E-state index in [1.807, 2.05) is 20.8 Å². The van der Waals surface area contributed by atoms with Crippen molar-refractivity contribution in [2.75, 3.05) is 13.2 Å². The van der Waals surface area contributed by atoms with Crippen molar-refractivity contribution in [3.05, 3.63) is 0 Å². The SMILES string of the molecule is CC(C)NC(=O)CC(C)NC1CCOC1. The highest BCUT2D eigenvalue weighted by molar-refractivity contribution is 5.76. The third-order valence-corrected chi connectivity index (χ3v) is 2.39. The van der Waals surface area contributed by atoms with Gasteiger partial charge in [-0.1, -0.05) is 0 Å². The highest BCUT2D eigenvalue weighted by Crippen LogP contribution is 2.05. The van der Waals surface area contributed by atoms with Crippen molar-refractivity contribution in [1.82, 2.24) is 10.6 Å². The molecule has 0 radical (unpaired) electrons. The molecule has 0 aromatic carbocycles. The second-order valence-electron chi connectivity index (χ2n) is 4.55. The van der Waals surface area contributed by atoms with Gasteiger partial charge in [-0.05, 0) is 27.2 Å². The summed E-state index contributed by atoms with van der Waals surface area (Å²) in [6.45, 7) is 7.60. The summed E-state index contributed by atoms with van der Waals surface area (Å²) < 4.78 is 5.26. The Morgan fingerprint density at radius 3 is 2.73 bits per heavy atom. The van der Waals surface area contributed by atoms with E-state index in [-0.39, 0.29) is 18.0 Å². The minimum Gasteiger partial charge on any atom is -0.380 e. The Morgan fingerprint density at radius 2 is 2.20 bits per heavy atom. The average molecular weight is 214 g/mol. The van der Waals surface area contributed by atoms with E-state index >= 15 is 0 Å². The predicted octanol–water partition coefficient (Wildman–Crippen LogP) is 0.668. The molecule has 0 aliphatic carbocycles. The van der Waals surface area contributed by atoms with Crippen LogP contribution in [0.1, 0.15) is 33.6 Å². The first-order valence-electron chi connectivity index (χ1n) is 5.71. The van der Waals surface area contributed by atoms with Gasteiger partial charge in [0.1, 0.15) is 0 Å². The van der Waals surface area contributed by atoms with Crippen LogP contribution in [0.2, 0.25) is 0 Å². The summed E-state index contributed by atoms with van der Waals surface area (Å²) in [5, 5.41) is 6.29. The quantitative estimate of drug-likeness (QED) is 0.707. The zero-order chi connectivity index (χ0) is 11.3. The van der Waals surface area contributed by atoms with Crippen LogP contribution in [0.3, 0.4) is 0 Å². The molecule has 2 N–H and O–H groups in total. The van der Waals surface area contributed by atoms with Crippen LogP contribution < -0.4 is 10.6 Å². The van der Waals surface area contributed by atoms with Crippen molar-refractivity contribution in [2.45, 2.75) is 51.7 Å². The largest absolute Gasteiger partial charge is 0.380 e. The predicted molar refractivity (Wildman–Crippen MR) is 59.7 cm³/mol. The lowest BCUT2D eigenvalue weighted by Crippen LogP contribution is -2.41. The molecule has 88 valence electrons. The fraction of sp³-hybridized carbons (Fsp3) is 0.909. The average Bonchev–Trinajstić information content (AvgIpc) is 2.53. The number of carbonyl (C=O) groups is 1. The molecule has 4 nitrogen and oxygen atoms in total. The van der Waals surface area contributed by atoms with Crippen molar-refractivity contribution in [3.8, 4) is 0 Å². The van der Waals surface area contributed by atoms with Crippen LogP contribution in [0, 0.1) is 0 Å². The minimum atomic E-state index is 0.115. The number of amides is 1. The molecule has 1 heterocycles. The molecule has 1 fully saturated rings. The zero-order valence-corrected chi connectivity index (χ0v) is 9.88. The molecule has 0 aromatic heterocycles. The smallest absolute Gasteiger partial charge is 0.221 e. The van der Waals surface area contributed by atoms with Gasteiger partial charge in [-0.2, -0.15) is 0 Å². The van der Waals surface area contributed by atoms with E-state index in [4.69, 9.17) is 4.74 Å². The topological polar surface area (TPSA) is 50.4 Å².